The molecule has 16 nitrogen and oxygen atoms in total. The van der Waals surface area contributed by atoms with Crippen molar-refractivity contribution in [3.63, 3.8) is 0 Å². The Kier molecular flexibility index (Phi) is 9.65. The Morgan fingerprint density at radius 1 is 0.383 bits per heavy atom. The molecule has 2 aliphatic heterocycles. The number of H-pyrrole nitrogens is 2. The Bertz CT molecular complexity index is 3210. The minimum absolute atomic E-state index is 0.308. The van der Waals surface area contributed by atoms with Crippen LogP contribution in [0.2, 0.25) is 0 Å². The fraction of sp³-hybridized carbons (Fsp3) is 0. The third-order valence-electron chi connectivity index (χ3n) is 9.23. The number of hydrogen-bond donors (Lipinski definition) is 6. The lowest BCUT2D eigenvalue weighted by Crippen LogP contribution is -1.94. The zero-order valence-electron chi connectivity index (χ0n) is 29.5. The van der Waals surface area contributed by atoms with Crippen molar-refractivity contribution in [3.05, 3.63) is 92.8 Å². The van der Waals surface area contributed by atoms with Crippen LogP contribution in [0.25, 0.3) is 90.9 Å². The van der Waals surface area contributed by atoms with Gasteiger partial charge >= 0.3 is 40.5 Å². The van der Waals surface area contributed by atoms with Gasteiger partial charge < -0.3 is 9.97 Å². The van der Waals surface area contributed by atoms with E-state index in [2.05, 4.69) is 9.97 Å². The third-order valence-corrected chi connectivity index (χ3v) is 18.3. The van der Waals surface area contributed by atoms with E-state index in [-0.39, 0.29) is 16.8 Å². The van der Waals surface area contributed by atoms with Crippen molar-refractivity contribution >= 4 is 132 Å². The maximum absolute atomic E-state index is 12.2. The molecule has 7 aromatic heterocycles. The molecule has 0 radical (unpaired) electrons. The van der Waals surface area contributed by atoms with Crippen LogP contribution >= 0.6 is 45.3 Å². The van der Waals surface area contributed by atoms with E-state index < -0.39 is 40.5 Å². The first-order chi connectivity index (χ1) is 28.2. The van der Waals surface area contributed by atoms with Gasteiger partial charge in [0, 0.05) is 65.8 Å². The summed E-state index contributed by atoms with van der Waals surface area (Å²) in [4.78, 5) is 16.6. The summed E-state index contributed by atoms with van der Waals surface area (Å²) < 4.78 is 136. The summed E-state index contributed by atoms with van der Waals surface area (Å²) in [5.74, 6) is 0. The SMILES string of the molecule is O=S(=O)(O)c1cc(-c2c3nc(c(-c4csc(S(=O)(=O)O)c4)c4ccc([nH]4)c(-c4csc(S(=O)(=O)O)c4)c4nc(c(-c5csc(S(=O)(=O)O)c5)c5ccc2[nH]5)C=C4)C=C3)cs1. The average Bonchev–Trinajstić information content (AvgIpc) is 3.98. The number of thiophene rings is 4. The second-order valence-electron chi connectivity index (χ2n) is 13.0. The second-order valence-corrected chi connectivity index (χ2v) is 23.3. The summed E-state index contributed by atoms with van der Waals surface area (Å²) in [6.07, 6.45) is 6.61. The highest BCUT2D eigenvalue weighted by molar-refractivity contribution is 7.89. The number of nitrogens with zero attached hydrogens (tertiary/aromatic N) is 2. The zero-order valence-corrected chi connectivity index (χ0v) is 36.0. The summed E-state index contributed by atoms with van der Waals surface area (Å²) in [5, 5.41) is 6.08. The van der Waals surface area contributed by atoms with E-state index in [0.717, 1.165) is 45.3 Å². The molecule has 8 bridgehead atoms. The van der Waals surface area contributed by atoms with Crippen molar-refractivity contribution in [2.45, 2.75) is 16.8 Å². The first-order valence-electron chi connectivity index (χ1n) is 16.6. The number of rotatable bonds is 8. The average molecular weight is 959 g/mol. The highest BCUT2D eigenvalue weighted by Gasteiger charge is 2.24. The molecule has 9 heterocycles. The number of fused-ring (bicyclic) bond motifs is 8. The molecule has 60 heavy (non-hydrogen) atoms. The molecule has 6 N–H and O–H groups in total. The largest absolute Gasteiger partial charge is 0.354 e. The van der Waals surface area contributed by atoms with Gasteiger partial charge in [-0.05, 0) is 95.1 Å². The van der Waals surface area contributed by atoms with Crippen molar-refractivity contribution < 1.29 is 51.9 Å². The first kappa shape index (κ1) is 40.4. The third kappa shape index (κ3) is 7.43. The van der Waals surface area contributed by atoms with Crippen molar-refractivity contribution in [3.8, 4) is 44.5 Å². The summed E-state index contributed by atoms with van der Waals surface area (Å²) in [6, 6.07) is 11.8. The molecule has 0 saturated heterocycles. The van der Waals surface area contributed by atoms with Crippen molar-refractivity contribution in [1.82, 2.24) is 19.9 Å². The van der Waals surface area contributed by atoms with E-state index >= 15 is 0 Å². The molecule has 9 rings (SSSR count). The topological polar surface area (TPSA) is 275 Å². The van der Waals surface area contributed by atoms with Crippen LogP contribution < -0.4 is 0 Å². The summed E-state index contributed by atoms with van der Waals surface area (Å²) in [5.41, 5.74) is 5.71. The molecule has 0 saturated carbocycles. The van der Waals surface area contributed by atoms with Crippen LogP contribution in [0.3, 0.4) is 0 Å². The maximum atomic E-state index is 12.2. The Morgan fingerprint density at radius 2 is 0.600 bits per heavy atom. The quantitative estimate of drug-likeness (QED) is 0.0779. The van der Waals surface area contributed by atoms with Crippen LogP contribution in [0.15, 0.2) is 86.9 Å². The lowest BCUT2D eigenvalue weighted by atomic mass is 10.1. The lowest BCUT2D eigenvalue weighted by molar-refractivity contribution is 0.483. The van der Waals surface area contributed by atoms with Crippen LogP contribution in [-0.4, -0.2) is 71.8 Å². The zero-order chi connectivity index (χ0) is 42.5. The van der Waals surface area contributed by atoms with Crippen molar-refractivity contribution in [1.29, 1.82) is 0 Å². The van der Waals surface area contributed by atoms with Gasteiger partial charge in [-0.3, -0.25) is 18.2 Å². The Morgan fingerprint density at radius 3 is 0.783 bits per heavy atom. The minimum atomic E-state index is -4.60. The molecular weight excluding hydrogens is 937 g/mol. The van der Waals surface area contributed by atoms with Crippen LogP contribution in [0, 0.1) is 0 Å². The number of aromatic amines is 2. The number of aromatic nitrogens is 4. The molecule has 0 fully saturated rings. The minimum Gasteiger partial charge on any atom is -0.354 e. The van der Waals surface area contributed by atoms with Gasteiger partial charge in [0.2, 0.25) is 0 Å². The van der Waals surface area contributed by atoms with Gasteiger partial charge in [0.15, 0.2) is 0 Å². The van der Waals surface area contributed by atoms with E-state index in [0.29, 0.717) is 89.4 Å². The molecule has 24 heteroatoms. The first-order valence-corrected chi connectivity index (χ1v) is 25.9. The molecule has 0 aliphatic carbocycles. The molecule has 0 aromatic carbocycles. The summed E-state index contributed by atoms with van der Waals surface area (Å²) in [7, 11) is -18.4. The fourth-order valence-corrected chi connectivity index (χ4v) is 12.9. The second kappa shape index (κ2) is 14.3. The van der Waals surface area contributed by atoms with Gasteiger partial charge in [-0.25, -0.2) is 9.97 Å². The molecule has 7 aromatic rings. The van der Waals surface area contributed by atoms with E-state index in [4.69, 9.17) is 9.97 Å². The number of hydrogen-bond acceptors (Lipinski definition) is 14. The fourth-order valence-electron chi connectivity index (χ4n) is 6.75. The van der Waals surface area contributed by atoms with Gasteiger partial charge in [0.25, 0.3) is 0 Å². The van der Waals surface area contributed by atoms with E-state index in [1.54, 1.807) is 48.6 Å². The predicted molar refractivity (Wildman–Crippen MR) is 231 cm³/mol. The molecule has 306 valence electrons. The molecule has 0 amide bonds. The lowest BCUT2D eigenvalue weighted by Gasteiger charge is -2.04. The Labute approximate surface area is 355 Å². The smallest absolute Gasteiger partial charge is 0.304 e. The normalized spacial score (nSPS) is 13.4. The number of nitrogens with one attached hydrogen (secondary N) is 2. The molecule has 0 unspecified atom stereocenters. The molecule has 0 spiro atoms. The Hall–Kier alpha value is -4.96. The van der Waals surface area contributed by atoms with Crippen LogP contribution in [0.1, 0.15) is 22.8 Å². The van der Waals surface area contributed by atoms with E-state index in [9.17, 15) is 51.9 Å². The highest BCUT2D eigenvalue weighted by atomic mass is 32.3. The summed E-state index contributed by atoms with van der Waals surface area (Å²) in [6.45, 7) is 0. The Balaban J connectivity index is 1.46. The van der Waals surface area contributed by atoms with Crippen LogP contribution in [0.5, 0.6) is 0 Å². The molecule has 2 aliphatic rings. The standard InChI is InChI=1S/C36H22N4O12S8/c41-57(42,43)29-9-17(13-53-29)33-21-1-2-22(37-21)34(18-10-30(54-14-18)58(44,45)46)24-5-6-26(39-24)36(20-12-32(56-16-20)60(50,51)52)28-8-7-27(40-28)35(25-4-3-23(33)38-25)19-11-31(55-15-19)59(47,48)49/h1-16,37,40H,(H,41,42,43)(H,44,45,46)(H,47,48,49)(H,50,51,52). The van der Waals surface area contributed by atoms with Gasteiger partial charge in [-0.2, -0.15) is 33.7 Å². The maximum Gasteiger partial charge on any atom is 0.304 e. The van der Waals surface area contributed by atoms with Crippen molar-refractivity contribution in [2.24, 2.45) is 0 Å². The highest BCUT2D eigenvalue weighted by Crippen LogP contribution is 2.42. The van der Waals surface area contributed by atoms with Crippen LogP contribution in [0.4, 0.5) is 0 Å². The van der Waals surface area contributed by atoms with Gasteiger partial charge in [-0.1, -0.05) is 0 Å². The van der Waals surface area contributed by atoms with Crippen LogP contribution in [-0.2, 0) is 40.5 Å². The van der Waals surface area contributed by atoms with Gasteiger partial charge in [0.1, 0.15) is 16.8 Å². The van der Waals surface area contributed by atoms with Gasteiger partial charge in [-0.15, -0.1) is 45.3 Å². The van der Waals surface area contributed by atoms with E-state index in [1.807, 2.05) is 0 Å². The predicted octanol–water partition coefficient (Wildman–Crippen LogP) is 8.56. The van der Waals surface area contributed by atoms with E-state index in [1.165, 1.54) is 45.8 Å². The van der Waals surface area contributed by atoms with Crippen molar-refractivity contribution in [2.75, 3.05) is 0 Å². The van der Waals surface area contributed by atoms with Gasteiger partial charge in [0.05, 0.1) is 22.8 Å². The monoisotopic (exact) mass is 958 g/mol. The molecular formula is C36H22N4O12S8. The molecule has 0 atom stereocenters. The summed E-state index contributed by atoms with van der Waals surface area (Å²) >= 11 is 3.10.